The van der Waals surface area contributed by atoms with Crippen LogP contribution < -0.4 is 4.90 Å². The summed E-state index contributed by atoms with van der Waals surface area (Å²) in [6.07, 6.45) is 9.95. The highest BCUT2D eigenvalue weighted by Gasteiger charge is 2.46. The Morgan fingerprint density at radius 2 is 1.97 bits per heavy atom. The van der Waals surface area contributed by atoms with Crippen LogP contribution in [0.25, 0.3) is 6.08 Å². The highest BCUT2D eigenvalue weighted by atomic mass is 16.6. The summed E-state index contributed by atoms with van der Waals surface area (Å²) in [5.41, 5.74) is 1.26. The fourth-order valence-corrected chi connectivity index (χ4v) is 4.47. The molecule has 36 heavy (non-hydrogen) atoms. The van der Waals surface area contributed by atoms with E-state index in [1.165, 1.54) is 0 Å². The summed E-state index contributed by atoms with van der Waals surface area (Å²) in [6.45, 7) is 20.4. The number of pyridine rings is 1. The summed E-state index contributed by atoms with van der Waals surface area (Å²) in [4.78, 5) is 24.1. The van der Waals surface area contributed by atoms with Gasteiger partial charge in [-0.15, -0.1) is 0 Å². The van der Waals surface area contributed by atoms with Gasteiger partial charge in [0, 0.05) is 36.8 Å². The molecule has 0 spiro atoms. The maximum atomic E-state index is 12.3. The van der Waals surface area contributed by atoms with Crippen molar-refractivity contribution < 1.29 is 19.4 Å². The van der Waals surface area contributed by atoms with Gasteiger partial charge in [0.15, 0.2) is 11.7 Å². The average molecular weight is 498 g/mol. The maximum Gasteiger partial charge on any atom is 0.336 e. The number of hydrogen-bond acceptors (Lipinski definition) is 6. The number of aliphatic imine (C=N–C) groups is 1. The van der Waals surface area contributed by atoms with Crippen LogP contribution in [0.5, 0.6) is 0 Å². The Hall–Kier alpha value is -2.51. The minimum absolute atomic E-state index is 0.219. The largest absolute Gasteiger partial charge is 0.479 e. The van der Waals surface area contributed by atoms with E-state index in [0.29, 0.717) is 12.0 Å². The van der Waals surface area contributed by atoms with Gasteiger partial charge in [0.25, 0.3) is 0 Å². The van der Waals surface area contributed by atoms with Gasteiger partial charge in [0.05, 0.1) is 23.9 Å². The second-order valence-corrected chi connectivity index (χ2v) is 12.1. The molecule has 1 N–H and O–H groups in total. The van der Waals surface area contributed by atoms with E-state index in [9.17, 15) is 9.90 Å². The Balaban J connectivity index is 1.97. The number of ether oxygens (including phenoxy) is 2. The molecule has 198 valence electrons. The van der Waals surface area contributed by atoms with Gasteiger partial charge in [-0.05, 0) is 63.2 Å². The third-order valence-electron chi connectivity index (χ3n) is 6.67. The molecular formula is C29H43N3O4. The SMILES string of the molecule is C=Cc1cc(N2CCC(C)(C)CC2)c(C2C=CC(OCC(C)C)([C@H](OC(C)(C)C)C(=O)O)C=N2)cn1. The summed E-state index contributed by atoms with van der Waals surface area (Å²) in [5.74, 6) is -0.868. The van der Waals surface area contributed by atoms with E-state index in [1.54, 1.807) is 12.3 Å². The van der Waals surface area contributed by atoms with E-state index in [4.69, 9.17) is 14.5 Å². The molecule has 7 nitrogen and oxygen atoms in total. The van der Waals surface area contributed by atoms with Gasteiger partial charge in [-0.2, -0.15) is 0 Å². The highest BCUT2D eigenvalue weighted by Crippen LogP contribution is 2.38. The van der Waals surface area contributed by atoms with Crippen LogP contribution >= 0.6 is 0 Å². The summed E-state index contributed by atoms with van der Waals surface area (Å²) >= 11 is 0. The molecule has 2 aliphatic heterocycles. The van der Waals surface area contributed by atoms with Crippen molar-refractivity contribution in [1.82, 2.24) is 4.98 Å². The second-order valence-electron chi connectivity index (χ2n) is 12.1. The Morgan fingerprint density at radius 1 is 1.31 bits per heavy atom. The van der Waals surface area contributed by atoms with E-state index >= 15 is 0 Å². The van der Waals surface area contributed by atoms with Gasteiger partial charge >= 0.3 is 5.97 Å². The molecule has 1 aromatic heterocycles. The fraction of sp³-hybridized carbons (Fsp3) is 0.621. The number of rotatable bonds is 9. The molecule has 0 saturated carbocycles. The Labute approximate surface area is 216 Å². The Bertz CT molecular complexity index is 982. The van der Waals surface area contributed by atoms with Gasteiger partial charge in [-0.25, -0.2) is 4.79 Å². The average Bonchev–Trinajstić information content (AvgIpc) is 2.80. The standard InChI is InChI=1S/C29H43N3O4/c1-9-21-16-24(32-14-12-28(7,8)13-15-32)22(17-30-21)23-10-11-29(19-31-23,35-18-20(2)3)25(26(33)34)36-27(4,5)6/h9-11,16-17,19-20,23,25H,1,12-15,18H2,2-8H3,(H,33,34)/t23?,25-,29?/m1/s1. The second kappa shape index (κ2) is 10.9. The maximum absolute atomic E-state index is 12.3. The summed E-state index contributed by atoms with van der Waals surface area (Å²) in [5, 5.41) is 10.1. The summed E-state index contributed by atoms with van der Waals surface area (Å²) in [7, 11) is 0. The number of piperidine rings is 1. The highest BCUT2D eigenvalue weighted by molar-refractivity contribution is 5.86. The lowest BCUT2D eigenvalue weighted by molar-refractivity contribution is -0.180. The quantitative estimate of drug-likeness (QED) is 0.440. The van der Waals surface area contributed by atoms with Crippen LogP contribution in [0.3, 0.4) is 0 Å². The zero-order valence-corrected chi connectivity index (χ0v) is 23.0. The van der Waals surface area contributed by atoms with Gasteiger partial charge in [0.2, 0.25) is 0 Å². The summed E-state index contributed by atoms with van der Waals surface area (Å²) in [6, 6.07) is 1.77. The van der Waals surface area contributed by atoms with Crippen LogP contribution in [0.2, 0.25) is 0 Å². The van der Waals surface area contributed by atoms with E-state index in [-0.39, 0.29) is 12.0 Å². The van der Waals surface area contributed by atoms with Gasteiger partial charge in [-0.1, -0.05) is 40.3 Å². The fourth-order valence-electron chi connectivity index (χ4n) is 4.47. The molecule has 0 aliphatic carbocycles. The molecule has 0 radical (unpaired) electrons. The zero-order chi connectivity index (χ0) is 26.7. The summed E-state index contributed by atoms with van der Waals surface area (Å²) < 4.78 is 12.2. The Morgan fingerprint density at radius 3 is 2.47 bits per heavy atom. The monoisotopic (exact) mass is 497 g/mol. The first-order valence-corrected chi connectivity index (χ1v) is 12.9. The molecule has 2 unspecified atom stereocenters. The van der Waals surface area contributed by atoms with Crippen LogP contribution in [0, 0.1) is 11.3 Å². The third-order valence-corrected chi connectivity index (χ3v) is 6.67. The van der Waals surface area contributed by atoms with Gasteiger partial charge in [-0.3, -0.25) is 9.98 Å². The number of aliphatic carboxylic acids is 1. The number of nitrogens with zero attached hydrogens (tertiary/aromatic N) is 3. The number of carbonyl (C=O) groups is 1. The molecule has 1 saturated heterocycles. The van der Waals surface area contributed by atoms with Crippen LogP contribution in [0.1, 0.15) is 78.6 Å². The first kappa shape index (κ1) is 28.1. The lowest BCUT2D eigenvalue weighted by Gasteiger charge is -2.40. The normalized spacial score (nSPS) is 24.7. The van der Waals surface area contributed by atoms with Crippen molar-refractivity contribution in [3.05, 3.63) is 42.3 Å². The van der Waals surface area contributed by atoms with Crippen molar-refractivity contribution in [1.29, 1.82) is 0 Å². The van der Waals surface area contributed by atoms with Crippen molar-refractivity contribution in [2.75, 3.05) is 24.6 Å². The molecule has 7 heteroatoms. The minimum atomic E-state index is -1.30. The van der Waals surface area contributed by atoms with Crippen LogP contribution in [-0.2, 0) is 14.3 Å². The van der Waals surface area contributed by atoms with E-state index in [1.807, 2.05) is 53.0 Å². The van der Waals surface area contributed by atoms with Crippen LogP contribution in [0.4, 0.5) is 5.69 Å². The molecule has 0 amide bonds. The lowest BCUT2D eigenvalue weighted by atomic mass is 9.82. The number of aromatic nitrogens is 1. The third kappa shape index (κ3) is 6.83. The molecule has 3 rings (SSSR count). The number of carboxylic acid groups (broad SMARTS) is 1. The predicted octanol–water partition coefficient (Wildman–Crippen LogP) is 5.71. The minimum Gasteiger partial charge on any atom is -0.479 e. The zero-order valence-electron chi connectivity index (χ0n) is 23.0. The molecule has 3 atom stereocenters. The van der Waals surface area contributed by atoms with Crippen molar-refractivity contribution in [2.45, 2.75) is 84.7 Å². The molecule has 0 aromatic carbocycles. The molecule has 1 fully saturated rings. The topological polar surface area (TPSA) is 84.2 Å². The lowest BCUT2D eigenvalue weighted by Crippen LogP contribution is -2.54. The van der Waals surface area contributed by atoms with Crippen LogP contribution in [0.15, 0.2) is 36.0 Å². The Kier molecular flexibility index (Phi) is 8.46. The predicted molar refractivity (Wildman–Crippen MR) is 146 cm³/mol. The molecule has 0 bridgehead atoms. The van der Waals surface area contributed by atoms with Crippen molar-refractivity contribution in [2.24, 2.45) is 16.3 Å². The van der Waals surface area contributed by atoms with Crippen LogP contribution in [-0.4, -0.2) is 59.3 Å². The number of anilines is 1. The first-order valence-electron chi connectivity index (χ1n) is 12.9. The van der Waals surface area contributed by atoms with Crippen molar-refractivity contribution in [3.8, 4) is 0 Å². The molecular weight excluding hydrogens is 454 g/mol. The van der Waals surface area contributed by atoms with Gasteiger partial charge in [0.1, 0.15) is 0 Å². The molecule has 1 aromatic rings. The van der Waals surface area contributed by atoms with Crippen molar-refractivity contribution >= 4 is 23.9 Å². The van der Waals surface area contributed by atoms with E-state index in [0.717, 1.165) is 42.9 Å². The first-order chi connectivity index (χ1) is 16.8. The molecule has 2 aliphatic rings. The van der Waals surface area contributed by atoms with E-state index in [2.05, 4.69) is 36.4 Å². The van der Waals surface area contributed by atoms with E-state index < -0.39 is 23.3 Å². The number of dihydropyridines is 1. The van der Waals surface area contributed by atoms with Gasteiger partial charge < -0.3 is 19.5 Å². The van der Waals surface area contributed by atoms with Crippen molar-refractivity contribution in [3.63, 3.8) is 0 Å². The molecule has 3 heterocycles. The number of carboxylic acids is 1. The number of hydrogen-bond donors (Lipinski definition) is 1. The smallest absolute Gasteiger partial charge is 0.336 e.